The molecule has 3 rings (SSSR count). The van der Waals surface area contributed by atoms with Gasteiger partial charge in [0.25, 0.3) is 0 Å². The number of carbonyl (C=O) groups is 1. The summed E-state index contributed by atoms with van der Waals surface area (Å²) in [7, 11) is 1.47. The van der Waals surface area contributed by atoms with Crippen LogP contribution in [0, 0.1) is 12.8 Å². The molecule has 2 saturated heterocycles. The van der Waals surface area contributed by atoms with Crippen molar-refractivity contribution in [2.24, 2.45) is 5.92 Å². The molecule has 2 aliphatic rings. The number of piperidine rings is 1. The second-order valence-electron chi connectivity index (χ2n) is 6.88. The molecule has 1 aromatic carbocycles. The fourth-order valence-corrected chi connectivity index (χ4v) is 4.52. The molecule has 0 amide bonds. The van der Waals surface area contributed by atoms with Gasteiger partial charge in [0.05, 0.1) is 19.7 Å². The SMILES string of the molecule is COC(=O)C1[C@@H](c2ccc(C)cc2)C[C@@H]2CC[C@H]1N2CCCF. The first kappa shape index (κ1) is 16.4. The van der Waals surface area contributed by atoms with E-state index in [2.05, 4.69) is 36.1 Å². The number of benzene rings is 1. The lowest BCUT2D eigenvalue weighted by molar-refractivity contribution is -0.150. The van der Waals surface area contributed by atoms with Crippen molar-refractivity contribution in [3.05, 3.63) is 35.4 Å². The zero-order valence-electron chi connectivity index (χ0n) is 14.0. The van der Waals surface area contributed by atoms with E-state index in [0.717, 1.165) is 25.8 Å². The van der Waals surface area contributed by atoms with Gasteiger partial charge in [-0.2, -0.15) is 0 Å². The third-order valence-electron chi connectivity index (χ3n) is 5.59. The first-order chi connectivity index (χ1) is 11.2. The van der Waals surface area contributed by atoms with Crippen LogP contribution in [0.25, 0.3) is 0 Å². The van der Waals surface area contributed by atoms with Gasteiger partial charge in [0.2, 0.25) is 0 Å². The average molecular weight is 319 g/mol. The van der Waals surface area contributed by atoms with E-state index in [4.69, 9.17) is 4.74 Å². The van der Waals surface area contributed by atoms with Crippen LogP contribution in [-0.4, -0.2) is 43.3 Å². The quantitative estimate of drug-likeness (QED) is 0.778. The Labute approximate surface area is 137 Å². The Hall–Kier alpha value is -1.42. The minimum Gasteiger partial charge on any atom is -0.469 e. The van der Waals surface area contributed by atoms with E-state index >= 15 is 0 Å². The molecule has 0 N–H and O–H groups in total. The first-order valence-electron chi connectivity index (χ1n) is 8.61. The van der Waals surface area contributed by atoms with Crippen molar-refractivity contribution in [2.75, 3.05) is 20.3 Å². The van der Waals surface area contributed by atoms with Gasteiger partial charge in [-0.1, -0.05) is 29.8 Å². The van der Waals surface area contributed by atoms with Crippen LogP contribution in [0.1, 0.15) is 42.7 Å². The van der Waals surface area contributed by atoms with Crippen LogP contribution < -0.4 is 0 Å². The molecule has 2 fully saturated rings. The smallest absolute Gasteiger partial charge is 0.310 e. The van der Waals surface area contributed by atoms with Gasteiger partial charge in [0, 0.05) is 24.5 Å². The molecule has 0 radical (unpaired) electrons. The Morgan fingerprint density at radius 1 is 1.30 bits per heavy atom. The van der Waals surface area contributed by atoms with E-state index in [0.29, 0.717) is 12.5 Å². The van der Waals surface area contributed by atoms with E-state index in [1.54, 1.807) is 0 Å². The van der Waals surface area contributed by atoms with E-state index < -0.39 is 0 Å². The highest BCUT2D eigenvalue weighted by Crippen LogP contribution is 2.47. The van der Waals surface area contributed by atoms with E-state index in [1.165, 1.54) is 18.2 Å². The Kier molecular flexibility index (Phi) is 5.00. The maximum absolute atomic E-state index is 12.6. The van der Waals surface area contributed by atoms with E-state index in [1.807, 2.05) is 0 Å². The van der Waals surface area contributed by atoms with Crippen molar-refractivity contribution in [3.63, 3.8) is 0 Å². The van der Waals surface area contributed by atoms with Gasteiger partial charge in [-0.15, -0.1) is 0 Å². The van der Waals surface area contributed by atoms with Crippen LogP contribution in [0.5, 0.6) is 0 Å². The molecule has 2 bridgehead atoms. The van der Waals surface area contributed by atoms with Crippen LogP contribution in [-0.2, 0) is 9.53 Å². The molecule has 1 unspecified atom stereocenters. The number of carbonyl (C=O) groups excluding carboxylic acids is 1. The molecule has 1 aromatic rings. The van der Waals surface area contributed by atoms with Crippen LogP contribution in [0.4, 0.5) is 4.39 Å². The van der Waals surface area contributed by atoms with Gasteiger partial charge in [-0.25, -0.2) is 0 Å². The summed E-state index contributed by atoms with van der Waals surface area (Å²) in [6.07, 6.45) is 3.63. The standard InChI is InChI=1S/C19H26FNO2/c1-13-4-6-14(7-5-13)16-12-15-8-9-17(18(16)19(22)23-2)21(15)11-3-10-20/h4-7,15-18H,3,8-12H2,1-2H3/t15-,16+,17+,18?/m0/s1. The fraction of sp³-hybridized carbons (Fsp3) is 0.632. The highest BCUT2D eigenvalue weighted by Gasteiger charge is 2.50. The number of hydrogen-bond donors (Lipinski definition) is 0. The maximum atomic E-state index is 12.6. The number of ether oxygens (including phenoxy) is 1. The number of fused-ring (bicyclic) bond motifs is 2. The zero-order chi connectivity index (χ0) is 16.4. The molecule has 0 aromatic heterocycles. The molecule has 4 heteroatoms. The van der Waals surface area contributed by atoms with Gasteiger partial charge < -0.3 is 4.74 Å². The summed E-state index contributed by atoms with van der Waals surface area (Å²) in [6.45, 7) is 2.53. The zero-order valence-corrected chi connectivity index (χ0v) is 14.0. The molecule has 126 valence electrons. The second-order valence-corrected chi connectivity index (χ2v) is 6.88. The minimum absolute atomic E-state index is 0.119. The summed E-state index contributed by atoms with van der Waals surface area (Å²) in [5.41, 5.74) is 2.46. The maximum Gasteiger partial charge on any atom is 0.310 e. The molecular weight excluding hydrogens is 293 g/mol. The van der Waals surface area contributed by atoms with Crippen molar-refractivity contribution < 1.29 is 13.9 Å². The van der Waals surface area contributed by atoms with Gasteiger partial charge in [-0.05, 0) is 38.2 Å². The third kappa shape index (κ3) is 3.14. The molecule has 0 saturated carbocycles. The lowest BCUT2D eigenvalue weighted by Gasteiger charge is -2.43. The van der Waals surface area contributed by atoms with Gasteiger partial charge in [-0.3, -0.25) is 14.1 Å². The van der Waals surface area contributed by atoms with E-state index in [-0.39, 0.29) is 30.5 Å². The normalized spacial score (nSPS) is 30.4. The van der Waals surface area contributed by atoms with Gasteiger partial charge in [0.15, 0.2) is 0 Å². The number of esters is 1. The monoisotopic (exact) mass is 319 g/mol. The Bertz CT molecular complexity index is 545. The summed E-state index contributed by atoms with van der Waals surface area (Å²) in [5.74, 6) is -0.0468. The summed E-state index contributed by atoms with van der Waals surface area (Å²) in [5, 5.41) is 0. The Balaban J connectivity index is 1.88. The molecule has 0 aliphatic carbocycles. The molecule has 3 nitrogen and oxygen atoms in total. The van der Waals surface area contributed by atoms with Gasteiger partial charge >= 0.3 is 5.97 Å². The molecule has 2 heterocycles. The first-order valence-corrected chi connectivity index (χ1v) is 8.61. The second kappa shape index (κ2) is 7.00. The summed E-state index contributed by atoms with van der Waals surface area (Å²) in [6, 6.07) is 9.18. The summed E-state index contributed by atoms with van der Waals surface area (Å²) >= 11 is 0. The highest BCUT2D eigenvalue weighted by molar-refractivity contribution is 5.75. The summed E-state index contributed by atoms with van der Waals surface area (Å²) in [4.78, 5) is 14.9. The van der Waals surface area contributed by atoms with Crippen molar-refractivity contribution in [3.8, 4) is 0 Å². The fourth-order valence-electron chi connectivity index (χ4n) is 4.52. The Morgan fingerprint density at radius 3 is 2.70 bits per heavy atom. The van der Waals surface area contributed by atoms with Crippen LogP contribution in [0.2, 0.25) is 0 Å². The molecule has 2 aliphatic heterocycles. The highest BCUT2D eigenvalue weighted by atomic mass is 19.1. The van der Waals surface area contributed by atoms with Gasteiger partial charge in [0.1, 0.15) is 0 Å². The number of hydrogen-bond acceptors (Lipinski definition) is 3. The lowest BCUT2D eigenvalue weighted by Crippen LogP contribution is -2.51. The van der Waals surface area contributed by atoms with Crippen LogP contribution in [0.15, 0.2) is 24.3 Å². The van der Waals surface area contributed by atoms with Crippen LogP contribution >= 0.6 is 0 Å². The topological polar surface area (TPSA) is 29.5 Å². The molecule has 4 atom stereocenters. The van der Waals surface area contributed by atoms with Crippen molar-refractivity contribution in [1.82, 2.24) is 4.90 Å². The number of halogens is 1. The summed E-state index contributed by atoms with van der Waals surface area (Å²) < 4.78 is 17.7. The van der Waals surface area contributed by atoms with Crippen molar-refractivity contribution in [1.29, 1.82) is 0 Å². The lowest BCUT2D eigenvalue weighted by atomic mass is 9.76. The average Bonchev–Trinajstić information content (AvgIpc) is 2.84. The number of methoxy groups -OCH3 is 1. The van der Waals surface area contributed by atoms with Crippen LogP contribution in [0.3, 0.4) is 0 Å². The molecule has 23 heavy (non-hydrogen) atoms. The predicted octanol–water partition coefficient (Wildman–Crippen LogP) is 3.46. The minimum atomic E-state index is -0.291. The Morgan fingerprint density at radius 2 is 2.04 bits per heavy atom. The third-order valence-corrected chi connectivity index (χ3v) is 5.59. The molecular formula is C19H26FNO2. The number of alkyl halides is 1. The number of aryl methyl sites for hydroxylation is 1. The number of rotatable bonds is 5. The predicted molar refractivity (Wildman–Crippen MR) is 88.2 cm³/mol. The molecule has 0 spiro atoms. The van der Waals surface area contributed by atoms with Crippen molar-refractivity contribution in [2.45, 2.75) is 50.6 Å². The largest absolute Gasteiger partial charge is 0.469 e. The van der Waals surface area contributed by atoms with E-state index in [9.17, 15) is 9.18 Å². The van der Waals surface area contributed by atoms with Crippen molar-refractivity contribution >= 4 is 5.97 Å². The number of nitrogens with zero attached hydrogens (tertiary/aromatic N) is 1.